The average Bonchev–Trinajstić information content (AvgIpc) is 1.97. The van der Waals surface area contributed by atoms with Crippen molar-refractivity contribution < 1.29 is 43.9 Å². The Morgan fingerprint density at radius 1 is 0.706 bits per heavy atom. The Morgan fingerprint density at radius 2 is 1.00 bits per heavy atom. The van der Waals surface area contributed by atoms with Gasteiger partial charge in [0.05, 0.1) is 0 Å². The maximum Gasteiger partial charge on any atom is 0.431 e. The highest BCUT2D eigenvalue weighted by atomic mass is 35.5. The van der Waals surface area contributed by atoms with Gasteiger partial charge in [-0.25, -0.2) is 4.39 Å². The molecule has 0 rings (SSSR count). The average molecular weight is 301 g/mol. The van der Waals surface area contributed by atoms with Crippen molar-refractivity contribution in [3.63, 3.8) is 0 Å². The quantitative estimate of drug-likeness (QED) is 0.524. The fraction of sp³-hybridized carbons (Fsp3) is 1.00. The Morgan fingerprint density at radius 3 is 1.18 bits per heavy atom. The molecule has 0 aromatic rings. The van der Waals surface area contributed by atoms with E-state index in [1.807, 2.05) is 0 Å². The molecule has 0 aliphatic heterocycles. The van der Waals surface area contributed by atoms with Crippen LogP contribution in [0.5, 0.6) is 0 Å². The first-order valence-electron chi connectivity index (χ1n) is 3.66. The summed E-state index contributed by atoms with van der Waals surface area (Å²) in [6, 6.07) is 0. The highest BCUT2D eigenvalue weighted by molar-refractivity contribution is 6.21. The fourth-order valence-corrected chi connectivity index (χ4v) is 0.967. The molecule has 0 aliphatic rings. The standard InChI is InChI=1S/C6H3ClF10/c7-2(4(9,10)11)1-3(8,5(12,13)14)6(15,16)17/h2H,1H2. The van der Waals surface area contributed by atoms with Gasteiger partial charge in [0.1, 0.15) is 5.38 Å². The van der Waals surface area contributed by atoms with E-state index < -0.39 is 36.0 Å². The third-order valence-corrected chi connectivity index (χ3v) is 2.12. The molecule has 0 aromatic heterocycles. The first-order chi connectivity index (χ1) is 7.13. The molecule has 0 fully saturated rings. The lowest BCUT2D eigenvalue weighted by Gasteiger charge is -2.31. The molecule has 1 atom stereocenters. The number of alkyl halides is 11. The summed E-state index contributed by atoms with van der Waals surface area (Å²) in [5.41, 5.74) is -6.00. The molecule has 0 saturated heterocycles. The maximum atomic E-state index is 12.8. The SMILES string of the molecule is FC(F)(F)C(Cl)CC(F)(C(F)(F)F)C(F)(F)F. The summed E-state index contributed by atoms with van der Waals surface area (Å²) in [5, 5.41) is -3.60. The van der Waals surface area contributed by atoms with E-state index in [1.165, 1.54) is 0 Å². The summed E-state index contributed by atoms with van der Waals surface area (Å²) >= 11 is 4.29. The maximum absolute atomic E-state index is 12.8. The van der Waals surface area contributed by atoms with Crippen molar-refractivity contribution >= 4 is 11.6 Å². The molecular weight excluding hydrogens is 297 g/mol. The van der Waals surface area contributed by atoms with Crippen molar-refractivity contribution in [1.29, 1.82) is 0 Å². The highest BCUT2D eigenvalue weighted by Gasteiger charge is 2.73. The van der Waals surface area contributed by atoms with Crippen molar-refractivity contribution in [2.24, 2.45) is 0 Å². The minimum Gasteiger partial charge on any atom is -0.223 e. The Labute approximate surface area is 92.5 Å². The summed E-state index contributed by atoms with van der Waals surface area (Å²) in [6.45, 7) is 0. The summed E-state index contributed by atoms with van der Waals surface area (Å²) in [6.07, 6.45) is -21.6. The molecule has 0 bridgehead atoms. The van der Waals surface area contributed by atoms with E-state index in [4.69, 9.17) is 0 Å². The molecule has 0 aliphatic carbocycles. The van der Waals surface area contributed by atoms with E-state index in [-0.39, 0.29) is 0 Å². The van der Waals surface area contributed by atoms with Crippen molar-refractivity contribution in [3.05, 3.63) is 0 Å². The third-order valence-electron chi connectivity index (χ3n) is 1.71. The van der Waals surface area contributed by atoms with E-state index in [1.54, 1.807) is 0 Å². The summed E-state index contributed by atoms with van der Waals surface area (Å²) < 4.78 is 119. The molecule has 0 saturated carbocycles. The smallest absolute Gasteiger partial charge is 0.223 e. The summed E-state index contributed by atoms with van der Waals surface area (Å²) in [4.78, 5) is 0. The van der Waals surface area contributed by atoms with Gasteiger partial charge in [0.25, 0.3) is 0 Å². The lowest BCUT2D eigenvalue weighted by molar-refractivity contribution is -0.346. The zero-order chi connectivity index (χ0) is 14.3. The monoisotopic (exact) mass is 300 g/mol. The second kappa shape index (κ2) is 4.36. The topological polar surface area (TPSA) is 0 Å². The third kappa shape index (κ3) is 3.52. The van der Waals surface area contributed by atoms with Gasteiger partial charge < -0.3 is 0 Å². The second-order valence-electron chi connectivity index (χ2n) is 3.01. The number of halogens is 11. The van der Waals surface area contributed by atoms with Gasteiger partial charge >= 0.3 is 24.2 Å². The molecule has 0 nitrogen and oxygen atoms in total. The normalized spacial score (nSPS) is 17.1. The highest BCUT2D eigenvalue weighted by Crippen LogP contribution is 2.50. The largest absolute Gasteiger partial charge is 0.431 e. The van der Waals surface area contributed by atoms with Crippen molar-refractivity contribution in [1.82, 2.24) is 0 Å². The van der Waals surface area contributed by atoms with Crippen LogP contribution in [0.15, 0.2) is 0 Å². The first kappa shape index (κ1) is 16.6. The lowest BCUT2D eigenvalue weighted by atomic mass is 9.98. The zero-order valence-electron chi connectivity index (χ0n) is 7.44. The Balaban J connectivity index is 5.27. The van der Waals surface area contributed by atoms with Gasteiger partial charge in [0.15, 0.2) is 0 Å². The molecule has 17 heavy (non-hydrogen) atoms. The van der Waals surface area contributed by atoms with E-state index >= 15 is 0 Å². The van der Waals surface area contributed by atoms with Crippen LogP contribution in [0.4, 0.5) is 43.9 Å². The van der Waals surface area contributed by atoms with Crippen LogP contribution in [0, 0.1) is 0 Å². The first-order valence-corrected chi connectivity index (χ1v) is 4.09. The van der Waals surface area contributed by atoms with Crippen LogP contribution < -0.4 is 0 Å². The predicted molar refractivity (Wildman–Crippen MR) is 36.3 cm³/mol. The zero-order valence-corrected chi connectivity index (χ0v) is 8.20. The Hall–Kier alpha value is -0.410. The van der Waals surface area contributed by atoms with E-state index in [0.29, 0.717) is 0 Å². The summed E-state index contributed by atoms with van der Waals surface area (Å²) in [5.74, 6) is 0. The van der Waals surface area contributed by atoms with E-state index in [2.05, 4.69) is 11.6 Å². The molecule has 1 unspecified atom stereocenters. The number of hydrogen-bond acceptors (Lipinski definition) is 0. The van der Waals surface area contributed by atoms with Gasteiger partial charge in [-0.3, -0.25) is 0 Å². The predicted octanol–water partition coefficient (Wildman–Crippen LogP) is 4.38. The molecule has 0 aromatic carbocycles. The van der Waals surface area contributed by atoms with Crippen LogP contribution >= 0.6 is 11.6 Å². The van der Waals surface area contributed by atoms with Crippen molar-refractivity contribution in [2.75, 3.05) is 0 Å². The van der Waals surface area contributed by atoms with Crippen LogP contribution in [0.2, 0.25) is 0 Å². The van der Waals surface area contributed by atoms with Crippen molar-refractivity contribution in [3.8, 4) is 0 Å². The second-order valence-corrected chi connectivity index (χ2v) is 3.54. The van der Waals surface area contributed by atoms with Crippen LogP contribution in [0.3, 0.4) is 0 Å². The van der Waals surface area contributed by atoms with Gasteiger partial charge in [0, 0.05) is 6.42 Å². The van der Waals surface area contributed by atoms with Gasteiger partial charge in [0.2, 0.25) is 0 Å². The number of rotatable bonds is 2. The van der Waals surface area contributed by atoms with Crippen LogP contribution in [0.1, 0.15) is 6.42 Å². The molecular formula is C6H3ClF10. The van der Waals surface area contributed by atoms with E-state index in [9.17, 15) is 43.9 Å². The van der Waals surface area contributed by atoms with Gasteiger partial charge in [-0.2, -0.15) is 39.5 Å². The Kier molecular flexibility index (Phi) is 4.25. The van der Waals surface area contributed by atoms with E-state index in [0.717, 1.165) is 0 Å². The van der Waals surface area contributed by atoms with Crippen LogP contribution in [-0.2, 0) is 0 Å². The van der Waals surface area contributed by atoms with Crippen molar-refractivity contribution in [2.45, 2.75) is 36.0 Å². The molecule has 0 radical (unpaired) electrons. The molecule has 0 heterocycles. The minimum absolute atomic E-state index is 2.98. The van der Waals surface area contributed by atoms with Crippen LogP contribution in [-0.4, -0.2) is 29.6 Å². The number of hydrogen-bond donors (Lipinski definition) is 0. The lowest BCUT2D eigenvalue weighted by Crippen LogP contribution is -2.55. The Bertz CT molecular complexity index is 245. The minimum atomic E-state index is -6.54. The van der Waals surface area contributed by atoms with Gasteiger partial charge in [-0.05, 0) is 0 Å². The van der Waals surface area contributed by atoms with Gasteiger partial charge in [-0.1, -0.05) is 0 Å². The fourth-order valence-electron chi connectivity index (χ4n) is 0.755. The van der Waals surface area contributed by atoms with Crippen LogP contribution in [0.25, 0.3) is 0 Å². The molecule has 0 N–H and O–H groups in total. The molecule has 0 amide bonds. The summed E-state index contributed by atoms with van der Waals surface area (Å²) in [7, 11) is 0. The molecule has 11 heteroatoms. The molecule has 104 valence electrons. The molecule has 0 spiro atoms. The van der Waals surface area contributed by atoms with Gasteiger partial charge in [-0.15, -0.1) is 11.6 Å².